The van der Waals surface area contributed by atoms with Crippen molar-refractivity contribution >= 4 is 6.21 Å². The van der Waals surface area contributed by atoms with Crippen molar-refractivity contribution in [3.8, 4) is 0 Å². The molecular formula is C4H12N4. The van der Waals surface area contributed by atoms with Gasteiger partial charge >= 0.3 is 0 Å². The SMILES string of the molecule is CN(C)C/C=N/NN. The molecule has 0 amide bonds. The minimum atomic E-state index is 0.810. The molecule has 0 aliphatic carbocycles. The Hall–Kier alpha value is -0.610. The summed E-state index contributed by atoms with van der Waals surface area (Å²) in [5, 5.41) is 3.57. The Kier molecular flexibility index (Phi) is 4.20. The largest absolute Gasteiger partial charge is 0.304 e. The minimum Gasteiger partial charge on any atom is -0.304 e. The van der Waals surface area contributed by atoms with Crippen LogP contribution in [-0.4, -0.2) is 31.8 Å². The Balaban J connectivity index is 3.03. The Morgan fingerprint density at radius 2 is 2.38 bits per heavy atom. The summed E-state index contributed by atoms with van der Waals surface area (Å²) < 4.78 is 0. The third-order valence-electron chi connectivity index (χ3n) is 0.613. The number of hydrogen-bond acceptors (Lipinski definition) is 4. The first-order valence-electron chi connectivity index (χ1n) is 2.39. The van der Waals surface area contributed by atoms with Crippen LogP contribution in [0.15, 0.2) is 5.10 Å². The lowest BCUT2D eigenvalue weighted by Crippen LogP contribution is -2.18. The first kappa shape index (κ1) is 7.39. The number of hydrogen-bond donors (Lipinski definition) is 2. The van der Waals surface area contributed by atoms with Crippen LogP contribution in [0.3, 0.4) is 0 Å². The van der Waals surface area contributed by atoms with Gasteiger partial charge < -0.3 is 4.90 Å². The standard InChI is InChI=1S/C4H12N4/c1-8(2)4-3-6-7-5/h3,7H,4-5H2,1-2H3/b6-3+. The van der Waals surface area contributed by atoms with E-state index >= 15 is 0 Å². The highest BCUT2D eigenvalue weighted by molar-refractivity contribution is 5.58. The van der Waals surface area contributed by atoms with E-state index in [2.05, 4.69) is 10.6 Å². The highest BCUT2D eigenvalue weighted by Gasteiger charge is 1.79. The van der Waals surface area contributed by atoms with E-state index in [-0.39, 0.29) is 0 Å². The molecule has 0 saturated carbocycles. The number of nitrogens with two attached hydrogens (primary N) is 1. The predicted octanol–water partition coefficient (Wildman–Crippen LogP) is -1.00. The summed E-state index contributed by atoms with van der Waals surface area (Å²) in [4.78, 5) is 1.99. The highest BCUT2D eigenvalue weighted by atomic mass is 15.5. The van der Waals surface area contributed by atoms with E-state index in [9.17, 15) is 0 Å². The maximum absolute atomic E-state index is 4.85. The number of rotatable bonds is 3. The van der Waals surface area contributed by atoms with E-state index in [1.165, 1.54) is 0 Å². The summed E-state index contributed by atoms with van der Waals surface area (Å²) in [6, 6.07) is 0. The van der Waals surface area contributed by atoms with Crippen LogP contribution in [0.4, 0.5) is 0 Å². The third-order valence-corrected chi connectivity index (χ3v) is 0.613. The molecule has 0 aliphatic heterocycles. The Labute approximate surface area is 49.3 Å². The van der Waals surface area contributed by atoms with E-state index in [4.69, 9.17) is 5.84 Å². The minimum absolute atomic E-state index is 0.810. The van der Waals surface area contributed by atoms with Gasteiger partial charge in [0.2, 0.25) is 0 Å². The Morgan fingerprint density at radius 3 is 2.75 bits per heavy atom. The number of hydrazine groups is 1. The second-order valence-corrected chi connectivity index (χ2v) is 1.70. The Bertz CT molecular complexity index is 68.4. The van der Waals surface area contributed by atoms with E-state index in [0.29, 0.717) is 0 Å². The molecular weight excluding hydrogens is 104 g/mol. The van der Waals surface area contributed by atoms with Crippen LogP contribution >= 0.6 is 0 Å². The lowest BCUT2D eigenvalue weighted by Gasteiger charge is -2.01. The van der Waals surface area contributed by atoms with Crippen molar-refractivity contribution in [3.05, 3.63) is 0 Å². The molecule has 0 bridgehead atoms. The molecule has 0 aliphatic rings. The maximum Gasteiger partial charge on any atom is 0.0398 e. The fourth-order valence-corrected chi connectivity index (χ4v) is 0.257. The summed E-state index contributed by atoms with van der Waals surface area (Å²) in [6.07, 6.45) is 1.69. The first-order valence-corrected chi connectivity index (χ1v) is 2.39. The van der Waals surface area contributed by atoms with Gasteiger partial charge in [0.05, 0.1) is 0 Å². The zero-order valence-corrected chi connectivity index (χ0v) is 5.26. The summed E-state index contributed by atoms with van der Waals surface area (Å²) >= 11 is 0. The van der Waals surface area contributed by atoms with Gasteiger partial charge in [-0.1, -0.05) is 0 Å². The molecule has 0 rings (SSSR count). The summed E-state index contributed by atoms with van der Waals surface area (Å²) in [7, 11) is 3.92. The molecule has 0 spiro atoms. The molecule has 8 heavy (non-hydrogen) atoms. The average molecular weight is 116 g/mol. The first-order chi connectivity index (χ1) is 3.77. The average Bonchev–Trinajstić information content (AvgIpc) is 1.66. The quantitative estimate of drug-likeness (QED) is 0.282. The molecule has 48 valence electrons. The van der Waals surface area contributed by atoms with Crippen LogP contribution in [0.1, 0.15) is 0 Å². The van der Waals surface area contributed by atoms with Gasteiger partial charge in [0.15, 0.2) is 0 Å². The predicted molar refractivity (Wildman–Crippen MR) is 34.4 cm³/mol. The highest BCUT2D eigenvalue weighted by Crippen LogP contribution is 1.65. The number of nitrogens with one attached hydrogen (secondary N) is 1. The maximum atomic E-state index is 4.85. The van der Waals surface area contributed by atoms with Gasteiger partial charge in [-0.3, -0.25) is 0 Å². The number of nitrogens with zero attached hydrogens (tertiary/aromatic N) is 2. The molecule has 0 radical (unpaired) electrons. The molecule has 0 aromatic rings. The van der Waals surface area contributed by atoms with Crippen LogP contribution in [0, 0.1) is 0 Å². The second-order valence-electron chi connectivity index (χ2n) is 1.70. The van der Waals surface area contributed by atoms with Crippen LogP contribution < -0.4 is 11.4 Å². The molecule has 4 nitrogen and oxygen atoms in total. The van der Waals surface area contributed by atoms with Crippen LogP contribution in [-0.2, 0) is 0 Å². The van der Waals surface area contributed by atoms with Crippen molar-refractivity contribution in [1.82, 2.24) is 10.4 Å². The summed E-state index contributed by atoms with van der Waals surface area (Å²) in [6.45, 7) is 0.810. The van der Waals surface area contributed by atoms with Crippen molar-refractivity contribution < 1.29 is 0 Å². The molecule has 0 heterocycles. The second kappa shape index (κ2) is 4.55. The fourth-order valence-electron chi connectivity index (χ4n) is 0.257. The van der Waals surface area contributed by atoms with Gasteiger partial charge in [-0.25, -0.2) is 11.4 Å². The molecule has 0 unspecified atom stereocenters. The van der Waals surface area contributed by atoms with Gasteiger partial charge in [0.25, 0.3) is 0 Å². The zero-order chi connectivity index (χ0) is 6.41. The fraction of sp³-hybridized carbons (Fsp3) is 0.750. The molecule has 4 heteroatoms. The smallest absolute Gasteiger partial charge is 0.0398 e. The lowest BCUT2D eigenvalue weighted by atomic mass is 10.6. The van der Waals surface area contributed by atoms with Crippen molar-refractivity contribution in [2.24, 2.45) is 10.9 Å². The van der Waals surface area contributed by atoms with Crippen LogP contribution in [0.2, 0.25) is 0 Å². The zero-order valence-electron chi connectivity index (χ0n) is 5.26. The van der Waals surface area contributed by atoms with Crippen molar-refractivity contribution in [3.63, 3.8) is 0 Å². The monoisotopic (exact) mass is 116 g/mol. The lowest BCUT2D eigenvalue weighted by molar-refractivity contribution is 0.472. The number of hydrazone groups is 1. The topological polar surface area (TPSA) is 53.6 Å². The van der Waals surface area contributed by atoms with E-state index in [0.717, 1.165) is 6.54 Å². The van der Waals surface area contributed by atoms with E-state index in [1.54, 1.807) is 6.21 Å². The van der Waals surface area contributed by atoms with Gasteiger partial charge in [0.1, 0.15) is 0 Å². The van der Waals surface area contributed by atoms with E-state index in [1.807, 2.05) is 19.0 Å². The molecule has 0 saturated heterocycles. The van der Waals surface area contributed by atoms with Crippen molar-refractivity contribution in [1.29, 1.82) is 0 Å². The Morgan fingerprint density at radius 1 is 1.75 bits per heavy atom. The van der Waals surface area contributed by atoms with Crippen molar-refractivity contribution in [2.75, 3.05) is 20.6 Å². The molecule has 0 aromatic heterocycles. The summed E-state index contributed by atoms with van der Waals surface area (Å²) in [5.41, 5.74) is 2.17. The van der Waals surface area contributed by atoms with Gasteiger partial charge in [-0.2, -0.15) is 5.10 Å². The molecule has 0 atom stereocenters. The normalized spacial score (nSPS) is 11.0. The van der Waals surface area contributed by atoms with Crippen molar-refractivity contribution in [2.45, 2.75) is 0 Å². The van der Waals surface area contributed by atoms with Gasteiger partial charge in [-0.05, 0) is 14.1 Å². The third kappa shape index (κ3) is 5.39. The van der Waals surface area contributed by atoms with Crippen LogP contribution in [0.5, 0.6) is 0 Å². The molecule has 0 fully saturated rings. The summed E-state index contributed by atoms with van der Waals surface area (Å²) in [5.74, 6) is 4.85. The van der Waals surface area contributed by atoms with Crippen LogP contribution in [0.25, 0.3) is 0 Å². The van der Waals surface area contributed by atoms with Gasteiger partial charge in [0, 0.05) is 12.8 Å². The molecule has 0 aromatic carbocycles. The molecule has 3 N–H and O–H groups in total. The van der Waals surface area contributed by atoms with Gasteiger partial charge in [-0.15, -0.1) is 0 Å². The van der Waals surface area contributed by atoms with E-state index < -0.39 is 0 Å².